The second-order valence-corrected chi connectivity index (χ2v) is 9.31. The van der Waals surface area contributed by atoms with Crippen molar-refractivity contribution < 1.29 is 13.3 Å². The molecule has 9 heteroatoms. The fourth-order valence-electron chi connectivity index (χ4n) is 3.86. The van der Waals surface area contributed by atoms with Gasteiger partial charge in [-0.1, -0.05) is 18.2 Å². The normalized spacial score (nSPS) is 23.5. The van der Waals surface area contributed by atoms with E-state index in [0.29, 0.717) is 10.8 Å². The van der Waals surface area contributed by atoms with Crippen LogP contribution in [0.5, 0.6) is 0 Å². The number of hydrogen-bond donors (Lipinski definition) is 0. The minimum atomic E-state index is -3.20. The van der Waals surface area contributed by atoms with Gasteiger partial charge in [-0.2, -0.15) is 0 Å². The fraction of sp³-hybridized carbons (Fsp3) is 0.278. The summed E-state index contributed by atoms with van der Waals surface area (Å²) in [5.74, 6) is 0.0484. The average Bonchev–Trinajstić information content (AvgIpc) is 3.04. The molecule has 0 spiro atoms. The highest BCUT2D eigenvalue weighted by atomic mass is 32.2. The number of non-ortho nitro benzene ring substituents is 1. The number of sulfone groups is 1. The average molecular weight is 403 g/mol. The summed E-state index contributed by atoms with van der Waals surface area (Å²) in [6.07, 6.45) is 0. The van der Waals surface area contributed by atoms with E-state index < -0.39 is 14.8 Å². The molecular weight excluding hydrogens is 386 g/mol. The van der Waals surface area contributed by atoms with Crippen LogP contribution in [0.1, 0.15) is 5.56 Å². The number of nitrogens with zero attached hydrogens (tertiary/aromatic N) is 3. The van der Waals surface area contributed by atoms with Crippen molar-refractivity contribution in [1.29, 1.82) is 0 Å². The first kappa shape index (κ1) is 17.9. The second kappa shape index (κ2) is 6.28. The Balaban J connectivity index is 1.79. The highest BCUT2D eigenvalue weighted by Gasteiger charge is 2.52. The Kier molecular flexibility index (Phi) is 4.15. The molecule has 4 rings (SSSR count). The lowest BCUT2D eigenvalue weighted by Gasteiger charge is -2.26. The molecule has 2 aromatic rings. The second-order valence-electron chi connectivity index (χ2n) is 6.79. The maximum atomic E-state index is 12.3. The molecule has 27 heavy (non-hydrogen) atoms. The summed E-state index contributed by atoms with van der Waals surface area (Å²) in [4.78, 5) is 14.2. The van der Waals surface area contributed by atoms with E-state index in [1.807, 2.05) is 41.0 Å². The molecule has 2 aliphatic heterocycles. The summed E-state index contributed by atoms with van der Waals surface area (Å²) in [7, 11) is -3.20. The Morgan fingerprint density at radius 3 is 2.22 bits per heavy atom. The van der Waals surface area contributed by atoms with Gasteiger partial charge in [-0.15, -0.1) is 0 Å². The number of thiocarbonyl (C=S) groups is 1. The third-order valence-corrected chi connectivity index (χ3v) is 7.17. The molecule has 2 heterocycles. The van der Waals surface area contributed by atoms with E-state index in [9.17, 15) is 18.5 Å². The molecule has 2 aromatic carbocycles. The number of aryl methyl sites for hydroxylation is 1. The number of nitro benzene ring substituents is 1. The smallest absolute Gasteiger partial charge is 0.269 e. The number of hydrogen-bond acceptors (Lipinski definition) is 5. The van der Waals surface area contributed by atoms with Crippen LogP contribution in [0.2, 0.25) is 0 Å². The Morgan fingerprint density at radius 1 is 1.04 bits per heavy atom. The van der Waals surface area contributed by atoms with E-state index in [0.717, 1.165) is 11.3 Å². The summed E-state index contributed by atoms with van der Waals surface area (Å²) >= 11 is 5.72. The molecule has 0 unspecified atom stereocenters. The number of anilines is 2. The van der Waals surface area contributed by atoms with Gasteiger partial charge in [0.1, 0.15) is 0 Å². The molecule has 0 saturated carbocycles. The van der Waals surface area contributed by atoms with Crippen molar-refractivity contribution in [3.63, 3.8) is 0 Å². The molecule has 0 bridgehead atoms. The molecule has 0 N–H and O–H groups in total. The standard InChI is InChI=1S/C18H17N3O4S2/c1-12-4-2-3-5-15(12)20-17-11-27(24,25)10-16(17)19(18(20)26)13-6-8-14(9-7-13)21(22)23/h2-9,16-17H,10-11H2,1H3/t16-,17-/m0/s1. The minimum absolute atomic E-state index is 0.0111. The van der Waals surface area contributed by atoms with E-state index in [1.165, 1.54) is 12.1 Å². The van der Waals surface area contributed by atoms with Gasteiger partial charge in [0.2, 0.25) is 0 Å². The molecular formula is C18H17N3O4S2. The van der Waals surface area contributed by atoms with Crippen LogP contribution in [0.3, 0.4) is 0 Å². The van der Waals surface area contributed by atoms with Crippen LogP contribution < -0.4 is 9.80 Å². The monoisotopic (exact) mass is 403 g/mol. The summed E-state index contributed by atoms with van der Waals surface area (Å²) in [6.45, 7) is 1.96. The predicted octanol–water partition coefficient (Wildman–Crippen LogP) is 2.68. The van der Waals surface area contributed by atoms with Crippen molar-refractivity contribution >= 4 is 44.2 Å². The van der Waals surface area contributed by atoms with E-state index in [4.69, 9.17) is 12.2 Å². The molecule has 0 amide bonds. The summed E-state index contributed by atoms with van der Waals surface area (Å²) < 4.78 is 24.7. The quantitative estimate of drug-likeness (QED) is 0.443. The molecule has 2 aliphatic rings. The Hall–Kier alpha value is -2.52. The lowest BCUT2D eigenvalue weighted by atomic mass is 10.1. The van der Waals surface area contributed by atoms with E-state index >= 15 is 0 Å². The van der Waals surface area contributed by atoms with Crippen LogP contribution in [-0.4, -0.2) is 42.0 Å². The van der Waals surface area contributed by atoms with Gasteiger partial charge in [0.25, 0.3) is 5.69 Å². The van der Waals surface area contributed by atoms with Crippen LogP contribution in [-0.2, 0) is 9.84 Å². The van der Waals surface area contributed by atoms with Gasteiger partial charge in [0.15, 0.2) is 14.9 Å². The SMILES string of the molecule is Cc1ccccc1N1C(=S)N(c2ccc([N+](=O)[O-])cc2)[C@H]2CS(=O)(=O)C[C@@H]21. The molecule has 0 aliphatic carbocycles. The summed E-state index contributed by atoms with van der Waals surface area (Å²) in [5.41, 5.74) is 2.54. The van der Waals surface area contributed by atoms with Crippen LogP contribution in [0, 0.1) is 17.0 Å². The Labute approximate surface area is 162 Å². The number of fused-ring (bicyclic) bond motifs is 1. The van der Waals surface area contributed by atoms with Crippen LogP contribution in [0.15, 0.2) is 48.5 Å². The lowest BCUT2D eigenvalue weighted by molar-refractivity contribution is -0.384. The van der Waals surface area contributed by atoms with Gasteiger partial charge in [0, 0.05) is 23.5 Å². The van der Waals surface area contributed by atoms with E-state index in [-0.39, 0.29) is 29.3 Å². The number of rotatable bonds is 3. The minimum Gasteiger partial charge on any atom is -0.312 e. The summed E-state index contributed by atoms with van der Waals surface area (Å²) in [5, 5.41) is 11.4. The van der Waals surface area contributed by atoms with Crippen LogP contribution >= 0.6 is 12.2 Å². The van der Waals surface area contributed by atoms with Crippen LogP contribution in [0.25, 0.3) is 0 Å². The van der Waals surface area contributed by atoms with Crippen molar-refractivity contribution in [2.75, 3.05) is 21.3 Å². The van der Waals surface area contributed by atoms with Crippen molar-refractivity contribution in [1.82, 2.24) is 0 Å². The molecule has 2 fully saturated rings. The zero-order valence-electron chi connectivity index (χ0n) is 14.5. The van der Waals surface area contributed by atoms with E-state index in [1.54, 1.807) is 12.1 Å². The third kappa shape index (κ3) is 2.96. The van der Waals surface area contributed by atoms with Gasteiger partial charge in [-0.3, -0.25) is 10.1 Å². The van der Waals surface area contributed by atoms with Crippen LogP contribution in [0.4, 0.5) is 17.1 Å². The molecule has 2 atom stereocenters. The Bertz CT molecular complexity index is 1040. The molecule has 7 nitrogen and oxygen atoms in total. The van der Waals surface area contributed by atoms with Gasteiger partial charge in [-0.25, -0.2) is 8.42 Å². The maximum absolute atomic E-state index is 12.3. The lowest BCUT2D eigenvalue weighted by Crippen LogP contribution is -2.38. The highest BCUT2D eigenvalue weighted by molar-refractivity contribution is 7.91. The first-order valence-electron chi connectivity index (χ1n) is 8.41. The predicted molar refractivity (Wildman–Crippen MR) is 108 cm³/mol. The molecule has 140 valence electrons. The number of benzene rings is 2. The van der Waals surface area contributed by atoms with Crippen molar-refractivity contribution in [2.24, 2.45) is 0 Å². The third-order valence-electron chi connectivity index (χ3n) is 5.08. The van der Waals surface area contributed by atoms with Crippen molar-refractivity contribution in [2.45, 2.75) is 19.0 Å². The molecule has 2 saturated heterocycles. The van der Waals surface area contributed by atoms with E-state index in [2.05, 4.69) is 0 Å². The van der Waals surface area contributed by atoms with Crippen molar-refractivity contribution in [3.05, 3.63) is 64.2 Å². The fourth-order valence-corrected chi connectivity index (χ4v) is 6.25. The van der Waals surface area contributed by atoms with Gasteiger partial charge >= 0.3 is 0 Å². The zero-order chi connectivity index (χ0) is 19.3. The number of nitro groups is 1. The Morgan fingerprint density at radius 2 is 1.63 bits per heavy atom. The topological polar surface area (TPSA) is 83.8 Å². The maximum Gasteiger partial charge on any atom is 0.269 e. The zero-order valence-corrected chi connectivity index (χ0v) is 16.1. The van der Waals surface area contributed by atoms with Crippen molar-refractivity contribution in [3.8, 4) is 0 Å². The summed E-state index contributed by atoms with van der Waals surface area (Å²) in [6, 6.07) is 13.2. The largest absolute Gasteiger partial charge is 0.312 e. The molecule has 0 aromatic heterocycles. The first-order valence-corrected chi connectivity index (χ1v) is 10.6. The van der Waals surface area contributed by atoms with Gasteiger partial charge in [-0.05, 0) is 42.9 Å². The highest BCUT2D eigenvalue weighted by Crippen LogP contribution is 2.39. The first-order chi connectivity index (χ1) is 12.8. The van der Waals surface area contributed by atoms with Gasteiger partial charge in [0.05, 0.1) is 28.5 Å². The van der Waals surface area contributed by atoms with Gasteiger partial charge < -0.3 is 9.80 Å². The number of para-hydroxylation sites is 1. The molecule has 0 radical (unpaired) electrons.